The summed E-state index contributed by atoms with van der Waals surface area (Å²) in [6.07, 6.45) is 0.664. The number of benzene rings is 2. The van der Waals surface area contributed by atoms with Crippen molar-refractivity contribution in [1.82, 2.24) is 9.21 Å². The van der Waals surface area contributed by atoms with E-state index in [-0.39, 0.29) is 38.5 Å². The maximum absolute atomic E-state index is 14.0. The van der Waals surface area contributed by atoms with Gasteiger partial charge >= 0.3 is 0 Å². The average Bonchev–Trinajstić information content (AvgIpc) is 2.80. The van der Waals surface area contributed by atoms with Crippen LogP contribution in [-0.4, -0.2) is 63.9 Å². The summed E-state index contributed by atoms with van der Waals surface area (Å²) >= 11 is 0. The monoisotopic (exact) mass is 472 g/mol. The molecule has 0 N–H and O–H groups in total. The summed E-state index contributed by atoms with van der Waals surface area (Å²) in [6, 6.07) is 6.63. The van der Waals surface area contributed by atoms with Gasteiger partial charge in [0, 0.05) is 32.6 Å². The molecule has 7 nitrogen and oxygen atoms in total. The van der Waals surface area contributed by atoms with E-state index in [4.69, 9.17) is 9.47 Å². The highest BCUT2D eigenvalue weighted by Gasteiger charge is 2.33. The highest BCUT2D eigenvalue weighted by Crippen LogP contribution is 2.28. The third kappa shape index (κ3) is 4.83. The van der Waals surface area contributed by atoms with E-state index in [0.717, 1.165) is 9.87 Å². The van der Waals surface area contributed by atoms with Crippen LogP contribution in [0.25, 0.3) is 0 Å². The molecule has 0 saturated carbocycles. The molecule has 0 aliphatic carbocycles. The predicted molar refractivity (Wildman–Crippen MR) is 110 cm³/mol. The molecular formula is C21H23F3N2O5S. The van der Waals surface area contributed by atoms with Crippen molar-refractivity contribution < 1.29 is 35.9 Å². The molecule has 0 unspecified atom stereocenters. The van der Waals surface area contributed by atoms with Crippen molar-refractivity contribution in [2.45, 2.75) is 17.7 Å². The fourth-order valence-electron chi connectivity index (χ4n) is 3.47. The Bertz CT molecular complexity index is 1100. The number of hydrogen-bond acceptors (Lipinski definition) is 5. The second-order valence-electron chi connectivity index (χ2n) is 7.15. The van der Waals surface area contributed by atoms with E-state index in [1.54, 1.807) is 12.1 Å². The first-order valence-electron chi connectivity index (χ1n) is 9.81. The molecular weight excluding hydrogens is 449 g/mol. The second-order valence-corrected chi connectivity index (χ2v) is 9.05. The van der Waals surface area contributed by atoms with Crippen molar-refractivity contribution >= 4 is 15.9 Å². The quantitative estimate of drug-likeness (QED) is 0.579. The van der Waals surface area contributed by atoms with Gasteiger partial charge in [0.1, 0.15) is 4.90 Å². The van der Waals surface area contributed by atoms with Crippen LogP contribution < -0.4 is 9.47 Å². The number of amides is 1. The molecule has 0 spiro atoms. The number of halogens is 3. The summed E-state index contributed by atoms with van der Waals surface area (Å²) in [5, 5.41) is 0. The smallest absolute Gasteiger partial charge is 0.246 e. The normalized spacial score (nSPS) is 15.0. The Labute approximate surface area is 184 Å². The number of ether oxygens (including phenoxy) is 2. The van der Waals surface area contributed by atoms with Crippen LogP contribution in [0.1, 0.15) is 12.0 Å². The molecule has 0 radical (unpaired) electrons. The van der Waals surface area contributed by atoms with Gasteiger partial charge in [0.15, 0.2) is 29.0 Å². The van der Waals surface area contributed by atoms with Gasteiger partial charge < -0.3 is 14.4 Å². The van der Waals surface area contributed by atoms with Gasteiger partial charge in [-0.25, -0.2) is 21.6 Å². The fraction of sp³-hybridized carbons (Fsp3) is 0.381. The SMILES string of the molecule is COc1ccc(CCC(=O)N2CCN(S(=O)(=O)c3ccc(F)c(F)c3F)CC2)cc1OC. The van der Waals surface area contributed by atoms with Crippen LogP contribution in [0.5, 0.6) is 11.5 Å². The van der Waals surface area contributed by atoms with E-state index in [1.165, 1.54) is 19.1 Å². The largest absolute Gasteiger partial charge is 0.493 e. The van der Waals surface area contributed by atoms with Crippen LogP contribution in [-0.2, 0) is 21.2 Å². The Morgan fingerprint density at radius 1 is 0.938 bits per heavy atom. The van der Waals surface area contributed by atoms with Crippen molar-refractivity contribution in [2.24, 2.45) is 0 Å². The minimum Gasteiger partial charge on any atom is -0.493 e. The molecule has 32 heavy (non-hydrogen) atoms. The zero-order chi connectivity index (χ0) is 23.5. The number of methoxy groups -OCH3 is 2. The Kier molecular flexibility index (Phi) is 7.29. The fourth-order valence-corrected chi connectivity index (χ4v) is 4.95. The van der Waals surface area contributed by atoms with Crippen LogP contribution in [0.2, 0.25) is 0 Å². The molecule has 0 bridgehead atoms. The molecule has 0 aromatic heterocycles. The number of rotatable bonds is 7. The first-order chi connectivity index (χ1) is 15.2. The van der Waals surface area contributed by atoms with Gasteiger partial charge in [0.05, 0.1) is 14.2 Å². The van der Waals surface area contributed by atoms with Crippen molar-refractivity contribution in [3.05, 3.63) is 53.3 Å². The van der Waals surface area contributed by atoms with Gasteiger partial charge in [0.25, 0.3) is 0 Å². The minimum atomic E-state index is -4.36. The highest BCUT2D eigenvalue weighted by molar-refractivity contribution is 7.89. The van der Waals surface area contributed by atoms with Crippen molar-refractivity contribution in [1.29, 1.82) is 0 Å². The van der Waals surface area contributed by atoms with Gasteiger partial charge in [-0.15, -0.1) is 0 Å². The summed E-state index contributed by atoms with van der Waals surface area (Å²) in [6.45, 7) is 0.0519. The lowest BCUT2D eigenvalue weighted by molar-refractivity contribution is -0.132. The Hall–Kier alpha value is -2.79. The Morgan fingerprint density at radius 2 is 1.59 bits per heavy atom. The number of aryl methyl sites for hydroxylation is 1. The molecule has 0 atom stereocenters. The van der Waals surface area contributed by atoms with E-state index in [2.05, 4.69) is 0 Å². The lowest BCUT2D eigenvalue weighted by atomic mass is 10.1. The molecule has 2 aromatic rings. The third-order valence-corrected chi connectivity index (χ3v) is 7.20. The molecule has 3 rings (SSSR count). The van der Waals surface area contributed by atoms with Gasteiger partial charge in [-0.3, -0.25) is 4.79 Å². The van der Waals surface area contributed by atoms with Crippen LogP contribution in [0.3, 0.4) is 0 Å². The molecule has 174 valence electrons. The second kappa shape index (κ2) is 9.78. The first kappa shape index (κ1) is 23.9. The summed E-state index contributed by atoms with van der Waals surface area (Å²) in [5.74, 6) is -4.08. The van der Waals surface area contributed by atoms with E-state index < -0.39 is 32.4 Å². The molecule has 11 heteroatoms. The zero-order valence-corrected chi connectivity index (χ0v) is 18.4. The number of nitrogens with zero attached hydrogens (tertiary/aromatic N) is 2. The third-order valence-electron chi connectivity index (χ3n) is 5.28. The summed E-state index contributed by atoms with van der Waals surface area (Å²) in [4.78, 5) is 13.2. The van der Waals surface area contributed by atoms with E-state index >= 15 is 0 Å². The number of piperazine rings is 1. The van der Waals surface area contributed by atoms with E-state index in [0.29, 0.717) is 30.1 Å². The standard InChI is InChI=1S/C21H23F3N2O5S/c1-30-16-6-3-14(13-17(16)31-2)4-8-19(27)25-9-11-26(12-10-25)32(28,29)18-7-5-15(22)20(23)21(18)24/h3,5-7,13H,4,8-12H2,1-2H3. The van der Waals surface area contributed by atoms with Crippen LogP contribution in [0.15, 0.2) is 35.2 Å². The molecule has 1 aliphatic heterocycles. The zero-order valence-electron chi connectivity index (χ0n) is 17.6. The van der Waals surface area contributed by atoms with Gasteiger partial charge in [-0.2, -0.15) is 4.31 Å². The summed E-state index contributed by atoms with van der Waals surface area (Å²) < 4.78 is 77.3. The lowest BCUT2D eigenvalue weighted by Gasteiger charge is -2.34. The number of hydrogen-bond donors (Lipinski definition) is 0. The average molecular weight is 472 g/mol. The molecule has 1 amide bonds. The van der Waals surface area contributed by atoms with E-state index in [1.807, 2.05) is 6.07 Å². The number of sulfonamides is 1. The number of carbonyl (C=O) groups excluding carboxylic acids is 1. The van der Waals surface area contributed by atoms with Crippen molar-refractivity contribution in [3.8, 4) is 11.5 Å². The van der Waals surface area contributed by atoms with Gasteiger partial charge in [0.2, 0.25) is 15.9 Å². The van der Waals surface area contributed by atoms with Crippen molar-refractivity contribution in [2.75, 3.05) is 40.4 Å². The van der Waals surface area contributed by atoms with Gasteiger partial charge in [-0.05, 0) is 36.2 Å². The maximum Gasteiger partial charge on any atom is 0.246 e. The Morgan fingerprint density at radius 3 is 2.22 bits per heavy atom. The van der Waals surface area contributed by atoms with Crippen LogP contribution in [0.4, 0.5) is 13.2 Å². The Balaban J connectivity index is 1.59. The molecule has 1 fully saturated rings. The maximum atomic E-state index is 14.0. The lowest BCUT2D eigenvalue weighted by Crippen LogP contribution is -2.50. The summed E-state index contributed by atoms with van der Waals surface area (Å²) in [7, 11) is -1.31. The van der Waals surface area contributed by atoms with Crippen LogP contribution >= 0.6 is 0 Å². The highest BCUT2D eigenvalue weighted by atomic mass is 32.2. The topological polar surface area (TPSA) is 76.2 Å². The van der Waals surface area contributed by atoms with E-state index in [9.17, 15) is 26.4 Å². The molecule has 2 aromatic carbocycles. The molecule has 1 saturated heterocycles. The van der Waals surface area contributed by atoms with Crippen molar-refractivity contribution in [3.63, 3.8) is 0 Å². The predicted octanol–water partition coefficient (Wildman–Crippen LogP) is 2.59. The molecule has 1 aliphatic rings. The first-order valence-corrected chi connectivity index (χ1v) is 11.3. The van der Waals surface area contributed by atoms with Crippen LogP contribution in [0, 0.1) is 17.5 Å². The van der Waals surface area contributed by atoms with Gasteiger partial charge in [-0.1, -0.05) is 6.07 Å². The minimum absolute atomic E-state index is 0.0805. The molecule has 1 heterocycles. The summed E-state index contributed by atoms with van der Waals surface area (Å²) in [5.41, 5.74) is 0.881. The number of carbonyl (C=O) groups is 1.